The summed E-state index contributed by atoms with van der Waals surface area (Å²) >= 11 is 6.79. The molecule has 2 aliphatic rings. The van der Waals surface area contributed by atoms with E-state index in [9.17, 15) is 19.1 Å². The lowest BCUT2D eigenvalue weighted by Crippen LogP contribution is -2.57. The standard InChI is InChI=1S/C25H25ClF2N4O5/c1-10-18-21(19(26)22(20(10)28)31-6-13(7-31)30-3)32(8-14(23(18)33)24(34)35)17-5-16(29)15(27)4-12(17)9-36-25-11(2)37-25/h4-5,8,11,13,25,30H,6-7,9,29H2,1-3H3,(H,34,35). The second kappa shape index (κ2) is 9.25. The number of nitrogens with two attached hydrogens (primary N) is 1. The van der Waals surface area contributed by atoms with Gasteiger partial charge >= 0.3 is 5.97 Å². The topological polar surface area (TPSA) is 122 Å². The molecule has 2 atom stereocenters. The van der Waals surface area contributed by atoms with Crippen LogP contribution in [0.1, 0.15) is 28.4 Å². The molecule has 2 aromatic carbocycles. The summed E-state index contributed by atoms with van der Waals surface area (Å²) in [5.41, 5.74) is 4.85. The number of nitrogens with one attached hydrogen (secondary N) is 1. The molecule has 3 aromatic rings. The van der Waals surface area contributed by atoms with Crippen molar-refractivity contribution in [3.63, 3.8) is 0 Å². The normalized spacial score (nSPS) is 19.4. The van der Waals surface area contributed by atoms with Gasteiger partial charge in [0.05, 0.1) is 39.6 Å². The molecule has 0 bridgehead atoms. The van der Waals surface area contributed by atoms with Crippen LogP contribution in [0.5, 0.6) is 0 Å². The van der Waals surface area contributed by atoms with E-state index >= 15 is 4.39 Å². The first-order chi connectivity index (χ1) is 17.5. The van der Waals surface area contributed by atoms with Gasteiger partial charge in [-0.05, 0) is 33.0 Å². The number of aromatic nitrogens is 1. The first-order valence-electron chi connectivity index (χ1n) is 11.6. The fourth-order valence-electron chi connectivity index (χ4n) is 4.61. The highest BCUT2D eigenvalue weighted by Crippen LogP contribution is 2.41. The molecule has 1 aromatic heterocycles. The van der Waals surface area contributed by atoms with Crippen LogP contribution in [0, 0.1) is 18.6 Å². The summed E-state index contributed by atoms with van der Waals surface area (Å²) in [4.78, 5) is 27.0. The zero-order chi connectivity index (χ0) is 26.8. The van der Waals surface area contributed by atoms with Crippen LogP contribution in [0.3, 0.4) is 0 Å². The number of pyridine rings is 1. The number of carboxylic acids is 1. The summed E-state index contributed by atoms with van der Waals surface area (Å²) in [6, 6.07) is 2.60. The number of epoxide rings is 1. The van der Waals surface area contributed by atoms with Gasteiger partial charge in [0, 0.05) is 36.5 Å². The van der Waals surface area contributed by atoms with E-state index in [0.29, 0.717) is 18.7 Å². The lowest BCUT2D eigenvalue weighted by molar-refractivity contribution is 0.0384. The van der Waals surface area contributed by atoms with Crippen molar-refractivity contribution in [2.24, 2.45) is 0 Å². The highest BCUT2D eigenvalue weighted by molar-refractivity contribution is 6.38. The molecule has 0 aliphatic carbocycles. The Kier molecular flexibility index (Phi) is 6.35. The number of hydrogen-bond donors (Lipinski definition) is 3. The number of carboxylic acid groups (broad SMARTS) is 1. The largest absolute Gasteiger partial charge is 0.477 e. The van der Waals surface area contributed by atoms with Crippen molar-refractivity contribution in [1.82, 2.24) is 9.88 Å². The van der Waals surface area contributed by atoms with Crippen molar-refractivity contribution in [3.05, 3.63) is 61.9 Å². The Morgan fingerprint density at radius 1 is 1.35 bits per heavy atom. The van der Waals surface area contributed by atoms with Gasteiger partial charge in [-0.3, -0.25) is 4.79 Å². The second-order valence-corrected chi connectivity index (χ2v) is 9.66. The highest BCUT2D eigenvalue weighted by atomic mass is 35.5. The molecule has 196 valence electrons. The Morgan fingerprint density at radius 2 is 2.03 bits per heavy atom. The average Bonchev–Trinajstić information content (AvgIpc) is 3.53. The van der Waals surface area contributed by atoms with E-state index in [0.717, 1.165) is 6.20 Å². The van der Waals surface area contributed by atoms with Crippen molar-refractivity contribution in [1.29, 1.82) is 0 Å². The number of carbonyl (C=O) groups is 1. The van der Waals surface area contributed by atoms with E-state index in [-0.39, 0.29) is 57.3 Å². The molecule has 2 fully saturated rings. The molecular weight excluding hydrogens is 510 g/mol. The van der Waals surface area contributed by atoms with Gasteiger partial charge in [-0.1, -0.05) is 11.6 Å². The molecule has 4 N–H and O–H groups in total. The third-order valence-electron chi connectivity index (χ3n) is 6.89. The number of hydrogen-bond acceptors (Lipinski definition) is 7. The lowest BCUT2D eigenvalue weighted by atomic mass is 10.00. The molecule has 12 heteroatoms. The van der Waals surface area contributed by atoms with Crippen LogP contribution in [-0.2, 0) is 16.1 Å². The summed E-state index contributed by atoms with van der Waals surface area (Å²) in [6.07, 6.45) is 0.514. The number of anilines is 2. The first-order valence-corrected chi connectivity index (χ1v) is 12.0. The van der Waals surface area contributed by atoms with E-state index in [2.05, 4.69) is 5.32 Å². The summed E-state index contributed by atoms with van der Waals surface area (Å²) < 4.78 is 42.4. The van der Waals surface area contributed by atoms with E-state index in [4.69, 9.17) is 26.8 Å². The molecule has 0 spiro atoms. The van der Waals surface area contributed by atoms with Crippen LogP contribution in [0.15, 0.2) is 23.1 Å². The highest BCUT2D eigenvalue weighted by Gasteiger charge is 2.36. The lowest BCUT2D eigenvalue weighted by Gasteiger charge is -2.41. The third-order valence-corrected chi connectivity index (χ3v) is 7.25. The van der Waals surface area contributed by atoms with E-state index < -0.39 is 34.9 Å². The molecule has 3 heterocycles. The Hall–Kier alpha value is -3.25. The minimum Gasteiger partial charge on any atom is -0.477 e. The van der Waals surface area contributed by atoms with Crippen molar-refractivity contribution < 1.29 is 28.2 Å². The van der Waals surface area contributed by atoms with E-state index in [1.807, 2.05) is 6.92 Å². The number of ether oxygens (including phenoxy) is 2. The number of aryl methyl sites for hydroxylation is 1. The average molecular weight is 535 g/mol. The number of nitrogens with zero attached hydrogens (tertiary/aromatic N) is 2. The van der Waals surface area contributed by atoms with Crippen LogP contribution < -0.4 is 21.4 Å². The molecule has 2 saturated heterocycles. The predicted octanol–water partition coefficient (Wildman–Crippen LogP) is 3.18. The quantitative estimate of drug-likeness (QED) is 0.312. The van der Waals surface area contributed by atoms with Crippen LogP contribution in [-0.4, -0.2) is 54.2 Å². The smallest absolute Gasteiger partial charge is 0.341 e. The van der Waals surface area contributed by atoms with E-state index in [1.54, 1.807) is 11.9 Å². The zero-order valence-electron chi connectivity index (χ0n) is 20.3. The molecule has 9 nitrogen and oxygen atoms in total. The molecule has 2 aliphatic heterocycles. The molecular formula is C25H25ClF2N4O5. The molecule has 0 radical (unpaired) electrons. The van der Waals surface area contributed by atoms with Gasteiger partial charge in [-0.25, -0.2) is 13.6 Å². The second-order valence-electron chi connectivity index (χ2n) is 9.29. The van der Waals surface area contributed by atoms with Gasteiger partial charge in [-0.15, -0.1) is 0 Å². The third kappa shape index (κ3) is 4.21. The molecule has 2 unspecified atom stereocenters. The van der Waals surface area contributed by atoms with Crippen LogP contribution in [0.4, 0.5) is 20.2 Å². The van der Waals surface area contributed by atoms with Gasteiger partial charge in [0.2, 0.25) is 5.43 Å². The summed E-state index contributed by atoms with van der Waals surface area (Å²) in [5, 5.41) is 12.6. The Labute approximate surface area is 215 Å². The fourth-order valence-corrected chi connectivity index (χ4v) is 5.00. The number of rotatable bonds is 7. The number of benzene rings is 2. The van der Waals surface area contributed by atoms with Crippen LogP contribution in [0.25, 0.3) is 16.6 Å². The summed E-state index contributed by atoms with van der Waals surface area (Å²) in [6.45, 7) is 4.09. The predicted molar refractivity (Wildman–Crippen MR) is 135 cm³/mol. The number of likely N-dealkylation sites (N-methyl/N-ethyl adjacent to an activating group) is 1. The van der Waals surface area contributed by atoms with Gasteiger partial charge in [0.25, 0.3) is 0 Å². The Bertz CT molecular complexity index is 1510. The van der Waals surface area contributed by atoms with Gasteiger partial charge in [0.1, 0.15) is 17.5 Å². The molecule has 5 rings (SSSR count). The van der Waals surface area contributed by atoms with Crippen molar-refractivity contribution in [2.75, 3.05) is 30.8 Å². The van der Waals surface area contributed by atoms with Gasteiger partial charge < -0.3 is 35.1 Å². The summed E-state index contributed by atoms with van der Waals surface area (Å²) in [5.74, 6) is -2.92. The number of aromatic carboxylic acids is 1. The maximum atomic E-state index is 15.6. The van der Waals surface area contributed by atoms with Crippen LogP contribution >= 0.6 is 11.6 Å². The maximum Gasteiger partial charge on any atom is 0.341 e. The molecule has 0 saturated carbocycles. The number of halogens is 3. The van der Waals surface area contributed by atoms with E-state index in [1.165, 1.54) is 23.6 Å². The molecule has 0 amide bonds. The van der Waals surface area contributed by atoms with Crippen molar-refractivity contribution >= 4 is 39.8 Å². The number of fused-ring (bicyclic) bond motifs is 1. The van der Waals surface area contributed by atoms with Gasteiger partial charge in [-0.2, -0.15) is 0 Å². The SMILES string of the molecule is CNC1CN(c2c(F)c(C)c3c(=O)c(C(=O)O)cn(-c4cc(N)c(F)cc4COC4OC4C)c3c2Cl)C1. The monoisotopic (exact) mass is 534 g/mol. The summed E-state index contributed by atoms with van der Waals surface area (Å²) in [7, 11) is 1.80. The minimum absolute atomic E-state index is 0.0442. The Morgan fingerprint density at radius 3 is 2.62 bits per heavy atom. The minimum atomic E-state index is -1.51. The first kappa shape index (κ1) is 25.4. The Balaban J connectivity index is 1.81. The number of nitrogen functional groups attached to an aromatic ring is 1. The van der Waals surface area contributed by atoms with Crippen molar-refractivity contribution in [2.45, 2.75) is 38.9 Å². The fraction of sp³-hybridized carbons (Fsp3) is 0.360. The maximum absolute atomic E-state index is 15.6. The molecule has 37 heavy (non-hydrogen) atoms. The van der Waals surface area contributed by atoms with Gasteiger partial charge in [0.15, 0.2) is 12.1 Å². The zero-order valence-corrected chi connectivity index (χ0v) is 21.0. The van der Waals surface area contributed by atoms with Crippen molar-refractivity contribution in [3.8, 4) is 5.69 Å². The van der Waals surface area contributed by atoms with Crippen LogP contribution in [0.2, 0.25) is 5.02 Å².